The van der Waals surface area contributed by atoms with Crippen molar-refractivity contribution in [2.24, 2.45) is 5.73 Å². The minimum atomic E-state index is -3.27. The van der Waals surface area contributed by atoms with E-state index in [1.807, 2.05) is 0 Å². The molecule has 1 fully saturated rings. The predicted molar refractivity (Wildman–Crippen MR) is 70.3 cm³/mol. The number of pyridine rings is 1. The third kappa shape index (κ3) is 3.07. The van der Waals surface area contributed by atoms with Gasteiger partial charge in [0.1, 0.15) is 0 Å². The molecule has 0 spiro atoms. The fraction of sp³-hybridized carbons (Fsp3) is 0.583. The molecule has 1 atom stereocenters. The molecule has 0 bridgehead atoms. The van der Waals surface area contributed by atoms with Gasteiger partial charge in [-0.05, 0) is 30.5 Å². The number of rotatable bonds is 4. The molecule has 1 aromatic rings. The Labute approximate surface area is 108 Å². The van der Waals surface area contributed by atoms with Crippen LogP contribution in [0, 0.1) is 0 Å². The molecule has 2 rings (SSSR count). The first-order chi connectivity index (χ1) is 8.63. The van der Waals surface area contributed by atoms with Gasteiger partial charge in [0.05, 0.1) is 5.75 Å². The van der Waals surface area contributed by atoms with E-state index in [4.69, 9.17) is 5.73 Å². The van der Waals surface area contributed by atoms with Gasteiger partial charge in [0.2, 0.25) is 10.0 Å². The van der Waals surface area contributed by atoms with Gasteiger partial charge in [-0.25, -0.2) is 8.42 Å². The van der Waals surface area contributed by atoms with Crippen LogP contribution in [0.5, 0.6) is 0 Å². The van der Waals surface area contributed by atoms with Gasteiger partial charge >= 0.3 is 0 Å². The monoisotopic (exact) mass is 269 g/mol. The number of aromatic nitrogens is 1. The summed E-state index contributed by atoms with van der Waals surface area (Å²) in [6.07, 6.45) is 6.07. The summed E-state index contributed by atoms with van der Waals surface area (Å²) in [5.41, 5.74) is 6.44. The third-order valence-electron chi connectivity index (χ3n) is 3.30. The van der Waals surface area contributed by atoms with Crippen molar-refractivity contribution >= 4 is 10.0 Å². The highest BCUT2D eigenvalue weighted by molar-refractivity contribution is 7.88. The Bertz CT molecular complexity index is 475. The predicted octanol–water partition coefficient (Wildman–Crippen LogP) is 0.725. The minimum absolute atomic E-state index is 0.0337. The van der Waals surface area contributed by atoms with E-state index in [1.54, 1.807) is 28.8 Å². The van der Waals surface area contributed by atoms with Crippen molar-refractivity contribution in [1.82, 2.24) is 9.29 Å². The molecular weight excluding hydrogens is 250 g/mol. The van der Waals surface area contributed by atoms with Crippen molar-refractivity contribution in [3.63, 3.8) is 0 Å². The van der Waals surface area contributed by atoms with E-state index in [0.29, 0.717) is 13.1 Å². The van der Waals surface area contributed by atoms with Crippen LogP contribution in [0.15, 0.2) is 24.5 Å². The van der Waals surface area contributed by atoms with Crippen molar-refractivity contribution in [2.75, 3.05) is 13.1 Å². The molecule has 2 N–H and O–H groups in total. The second-order valence-electron chi connectivity index (χ2n) is 4.61. The molecule has 1 saturated heterocycles. The van der Waals surface area contributed by atoms with Crippen molar-refractivity contribution in [2.45, 2.75) is 31.1 Å². The van der Waals surface area contributed by atoms with Gasteiger partial charge in [-0.1, -0.05) is 6.42 Å². The summed E-state index contributed by atoms with van der Waals surface area (Å²) in [6.45, 7) is 0.991. The van der Waals surface area contributed by atoms with Crippen molar-refractivity contribution in [1.29, 1.82) is 0 Å². The lowest BCUT2D eigenvalue weighted by Gasteiger charge is -2.33. The van der Waals surface area contributed by atoms with Crippen LogP contribution >= 0.6 is 0 Å². The molecule has 0 amide bonds. The quantitative estimate of drug-likeness (QED) is 0.874. The lowest BCUT2D eigenvalue weighted by Crippen LogP contribution is -2.47. The normalized spacial score (nSPS) is 21.9. The van der Waals surface area contributed by atoms with Gasteiger partial charge in [0.25, 0.3) is 0 Å². The molecule has 100 valence electrons. The zero-order valence-corrected chi connectivity index (χ0v) is 11.1. The van der Waals surface area contributed by atoms with Gasteiger partial charge in [0.15, 0.2) is 0 Å². The highest BCUT2D eigenvalue weighted by atomic mass is 32.2. The summed E-state index contributed by atoms with van der Waals surface area (Å²) in [5.74, 6) is 0.0337. The Morgan fingerprint density at radius 3 is 2.72 bits per heavy atom. The average Bonchev–Trinajstić information content (AvgIpc) is 2.39. The van der Waals surface area contributed by atoms with Crippen molar-refractivity contribution in [3.8, 4) is 0 Å². The number of sulfonamides is 1. The van der Waals surface area contributed by atoms with Crippen molar-refractivity contribution < 1.29 is 8.42 Å². The summed E-state index contributed by atoms with van der Waals surface area (Å²) >= 11 is 0. The van der Waals surface area contributed by atoms with Gasteiger partial charge in [-0.3, -0.25) is 4.98 Å². The molecule has 0 radical (unpaired) electrons. The molecule has 0 aliphatic carbocycles. The molecule has 0 saturated carbocycles. The fourth-order valence-electron chi connectivity index (χ4n) is 2.35. The first-order valence-electron chi connectivity index (χ1n) is 6.22. The molecule has 18 heavy (non-hydrogen) atoms. The Morgan fingerprint density at radius 1 is 1.33 bits per heavy atom. The van der Waals surface area contributed by atoms with E-state index in [1.165, 1.54) is 0 Å². The second-order valence-corrected chi connectivity index (χ2v) is 6.53. The number of nitrogens with two attached hydrogens (primary N) is 1. The van der Waals surface area contributed by atoms with Crippen LogP contribution in [-0.4, -0.2) is 36.8 Å². The van der Waals surface area contributed by atoms with E-state index in [9.17, 15) is 8.42 Å². The summed E-state index contributed by atoms with van der Waals surface area (Å²) in [4.78, 5) is 3.89. The van der Waals surface area contributed by atoms with E-state index in [0.717, 1.165) is 24.8 Å². The molecule has 0 aromatic carbocycles. The van der Waals surface area contributed by atoms with Crippen molar-refractivity contribution in [3.05, 3.63) is 30.1 Å². The van der Waals surface area contributed by atoms with Crippen LogP contribution in [-0.2, 0) is 15.8 Å². The van der Waals surface area contributed by atoms with Gasteiger partial charge in [-0.15, -0.1) is 0 Å². The van der Waals surface area contributed by atoms with Crippen LogP contribution in [0.3, 0.4) is 0 Å². The van der Waals surface area contributed by atoms with Crippen LogP contribution < -0.4 is 5.73 Å². The molecule has 1 unspecified atom stereocenters. The van der Waals surface area contributed by atoms with E-state index < -0.39 is 10.0 Å². The Kier molecular flexibility index (Phi) is 4.31. The van der Waals surface area contributed by atoms with Gasteiger partial charge < -0.3 is 5.73 Å². The summed E-state index contributed by atoms with van der Waals surface area (Å²) in [7, 11) is -3.27. The highest BCUT2D eigenvalue weighted by Gasteiger charge is 2.31. The molecule has 6 heteroatoms. The van der Waals surface area contributed by atoms with Crippen LogP contribution in [0.1, 0.15) is 24.8 Å². The number of nitrogens with zero attached hydrogens (tertiary/aromatic N) is 2. The standard InChI is InChI=1S/C12H19N3O2S/c13-9-12-3-1-2-8-15(12)18(16,17)10-11-4-6-14-7-5-11/h4-7,12H,1-3,8-10,13H2. The van der Waals surface area contributed by atoms with Crippen LogP contribution in [0.4, 0.5) is 0 Å². The van der Waals surface area contributed by atoms with Gasteiger partial charge in [0, 0.05) is 31.5 Å². The topological polar surface area (TPSA) is 76.3 Å². The number of hydrogen-bond acceptors (Lipinski definition) is 4. The molecule has 1 aromatic heterocycles. The van der Waals surface area contributed by atoms with E-state index in [2.05, 4.69) is 4.98 Å². The Balaban J connectivity index is 2.14. The summed E-state index contributed by atoms with van der Waals surface area (Å²) < 4.78 is 26.3. The van der Waals surface area contributed by atoms with Gasteiger partial charge in [-0.2, -0.15) is 4.31 Å². The summed E-state index contributed by atoms with van der Waals surface area (Å²) in [6, 6.07) is 3.43. The molecular formula is C12H19N3O2S. The zero-order valence-electron chi connectivity index (χ0n) is 10.3. The zero-order chi connectivity index (χ0) is 13.0. The van der Waals surface area contributed by atoms with Crippen LogP contribution in [0.25, 0.3) is 0 Å². The maximum atomic E-state index is 12.4. The van der Waals surface area contributed by atoms with Crippen LogP contribution in [0.2, 0.25) is 0 Å². The smallest absolute Gasteiger partial charge is 0.218 e. The first-order valence-corrected chi connectivity index (χ1v) is 7.83. The SMILES string of the molecule is NCC1CCCCN1S(=O)(=O)Cc1ccncc1. The fourth-order valence-corrected chi connectivity index (χ4v) is 4.18. The first kappa shape index (κ1) is 13.5. The van der Waals surface area contributed by atoms with E-state index >= 15 is 0 Å². The Morgan fingerprint density at radius 2 is 2.06 bits per heavy atom. The molecule has 1 aliphatic rings. The molecule has 2 heterocycles. The lowest BCUT2D eigenvalue weighted by molar-refractivity contribution is 0.257. The number of hydrogen-bond donors (Lipinski definition) is 1. The molecule has 1 aliphatic heterocycles. The highest BCUT2D eigenvalue weighted by Crippen LogP contribution is 2.22. The average molecular weight is 269 g/mol. The molecule has 5 nitrogen and oxygen atoms in total. The lowest BCUT2D eigenvalue weighted by atomic mass is 10.1. The maximum Gasteiger partial charge on any atom is 0.218 e. The second kappa shape index (κ2) is 5.77. The number of piperidine rings is 1. The summed E-state index contributed by atoms with van der Waals surface area (Å²) in [5, 5.41) is 0. The largest absolute Gasteiger partial charge is 0.329 e. The van der Waals surface area contributed by atoms with E-state index in [-0.39, 0.29) is 11.8 Å². The minimum Gasteiger partial charge on any atom is -0.329 e. The third-order valence-corrected chi connectivity index (χ3v) is 5.19. The Hall–Kier alpha value is -0.980. The maximum absolute atomic E-state index is 12.4.